The van der Waals surface area contributed by atoms with Crippen molar-refractivity contribution < 1.29 is 9.53 Å². The molecule has 4 nitrogen and oxygen atoms in total. The summed E-state index contributed by atoms with van der Waals surface area (Å²) in [7, 11) is 0. The van der Waals surface area contributed by atoms with Crippen molar-refractivity contribution in [1.29, 1.82) is 0 Å². The fourth-order valence-electron chi connectivity index (χ4n) is 2.61. The Bertz CT molecular complexity index is 883. The van der Waals surface area contributed by atoms with Crippen LogP contribution < -0.4 is 10.2 Å². The van der Waals surface area contributed by atoms with Crippen LogP contribution in [0.5, 0.6) is 5.75 Å². The van der Waals surface area contributed by atoms with Gasteiger partial charge in [0.15, 0.2) is 6.61 Å². The van der Waals surface area contributed by atoms with Crippen LogP contribution in [0.2, 0.25) is 0 Å². The molecule has 0 unspecified atom stereocenters. The molecule has 0 bridgehead atoms. The van der Waals surface area contributed by atoms with E-state index >= 15 is 0 Å². The molecule has 0 heterocycles. The van der Waals surface area contributed by atoms with Crippen LogP contribution in [0.1, 0.15) is 18.9 Å². The number of hydrogen-bond acceptors (Lipinski definition) is 3. The van der Waals surface area contributed by atoms with Gasteiger partial charge in [0, 0.05) is 5.39 Å². The molecule has 0 aliphatic heterocycles. The second-order valence-corrected chi connectivity index (χ2v) is 5.58. The van der Waals surface area contributed by atoms with Crippen LogP contribution in [0.15, 0.2) is 77.9 Å². The first kappa shape index (κ1) is 16.7. The highest BCUT2D eigenvalue weighted by molar-refractivity contribution is 6.00. The normalized spacial score (nSPS) is 11.3. The number of hydrogen-bond donors (Lipinski definition) is 1. The van der Waals surface area contributed by atoms with Crippen molar-refractivity contribution in [2.75, 3.05) is 6.61 Å². The predicted octanol–water partition coefficient (Wildman–Crippen LogP) is 4.15. The Morgan fingerprint density at radius 2 is 1.68 bits per heavy atom. The zero-order chi connectivity index (χ0) is 17.5. The molecular weight excluding hydrogens is 312 g/mol. The van der Waals surface area contributed by atoms with Crippen LogP contribution in [-0.4, -0.2) is 18.2 Å². The fraction of sp³-hybridized carbons (Fsp3) is 0.143. The maximum Gasteiger partial charge on any atom is 0.277 e. The Kier molecular flexibility index (Phi) is 5.42. The van der Waals surface area contributed by atoms with Crippen molar-refractivity contribution in [3.8, 4) is 5.75 Å². The Morgan fingerprint density at radius 3 is 2.48 bits per heavy atom. The number of ether oxygens (including phenoxy) is 1. The summed E-state index contributed by atoms with van der Waals surface area (Å²) in [4.78, 5) is 12.1. The van der Waals surface area contributed by atoms with E-state index in [0.717, 1.165) is 28.5 Å². The van der Waals surface area contributed by atoms with Gasteiger partial charge in [-0.3, -0.25) is 4.79 Å². The van der Waals surface area contributed by atoms with Crippen LogP contribution in [0, 0.1) is 0 Å². The maximum absolute atomic E-state index is 12.1. The number of fused-ring (bicyclic) bond motifs is 1. The van der Waals surface area contributed by atoms with Gasteiger partial charge in [-0.05, 0) is 23.4 Å². The highest BCUT2D eigenvalue weighted by Gasteiger charge is 2.06. The molecule has 0 aliphatic rings. The molecule has 0 aromatic heterocycles. The van der Waals surface area contributed by atoms with Gasteiger partial charge in [0.25, 0.3) is 5.91 Å². The van der Waals surface area contributed by atoms with Gasteiger partial charge in [-0.15, -0.1) is 0 Å². The lowest BCUT2D eigenvalue weighted by molar-refractivity contribution is -0.123. The molecule has 0 spiro atoms. The molecule has 0 saturated heterocycles. The summed E-state index contributed by atoms with van der Waals surface area (Å²) in [6.07, 6.45) is 0.731. The van der Waals surface area contributed by atoms with Crippen LogP contribution in [0.4, 0.5) is 0 Å². The van der Waals surface area contributed by atoms with Crippen LogP contribution >= 0.6 is 0 Å². The van der Waals surface area contributed by atoms with E-state index in [-0.39, 0.29) is 12.5 Å². The van der Waals surface area contributed by atoms with Gasteiger partial charge in [-0.25, -0.2) is 5.43 Å². The summed E-state index contributed by atoms with van der Waals surface area (Å²) in [5.41, 5.74) is 4.41. The number of hydrazone groups is 1. The van der Waals surface area contributed by atoms with Gasteiger partial charge >= 0.3 is 0 Å². The first-order valence-electron chi connectivity index (χ1n) is 8.29. The van der Waals surface area contributed by atoms with Crippen LogP contribution in [0.25, 0.3) is 10.8 Å². The summed E-state index contributed by atoms with van der Waals surface area (Å²) in [5, 5.41) is 6.29. The van der Waals surface area contributed by atoms with Crippen molar-refractivity contribution in [2.45, 2.75) is 13.3 Å². The van der Waals surface area contributed by atoms with Crippen molar-refractivity contribution >= 4 is 22.4 Å². The number of carbonyl (C=O) groups is 1. The molecule has 1 N–H and O–H groups in total. The SMILES string of the molecule is CC/C(=N/NC(=O)COc1cccc2ccccc12)c1ccccc1. The lowest BCUT2D eigenvalue weighted by Gasteiger charge is -2.09. The third-order valence-electron chi connectivity index (χ3n) is 3.87. The minimum atomic E-state index is -0.283. The van der Waals surface area contributed by atoms with E-state index in [4.69, 9.17) is 4.74 Å². The van der Waals surface area contributed by atoms with Gasteiger partial charge < -0.3 is 4.74 Å². The lowest BCUT2D eigenvalue weighted by Crippen LogP contribution is -2.26. The minimum absolute atomic E-state index is 0.0801. The Morgan fingerprint density at radius 1 is 0.960 bits per heavy atom. The number of rotatable bonds is 6. The predicted molar refractivity (Wildman–Crippen MR) is 101 cm³/mol. The smallest absolute Gasteiger partial charge is 0.277 e. The summed E-state index contributed by atoms with van der Waals surface area (Å²) in [6, 6.07) is 23.5. The number of nitrogens with one attached hydrogen (secondary N) is 1. The van der Waals surface area contributed by atoms with E-state index < -0.39 is 0 Å². The van der Waals surface area contributed by atoms with Gasteiger partial charge in [-0.1, -0.05) is 73.7 Å². The van der Waals surface area contributed by atoms with Crippen molar-refractivity contribution in [1.82, 2.24) is 5.43 Å². The van der Waals surface area contributed by atoms with E-state index in [1.165, 1.54) is 0 Å². The first-order valence-corrected chi connectivity index (χ1v) is 8.29. The van der Waals surface area contributed by atoms with Crippen molar-refractivity contribution in [3.05, 3.63) is 78.4 Å². The molecule has 3 aromatic carbocycles. The Balaban J connectivity index is 1.64. The first-order chi connectivity index (χ1) is 12.3. The van der Waals surface area contributed by atoms with E-state index in [2.05, 4.69) is 10.5 Å². The van der Waals surface area contributed by atoms with Gasteiger partial charge in [0.05, 0.1) is 5.71 Å². The van der Waals surface area contributed by atoms with Crippen LogP contribution in [0.3, 0.4) is 0 Å². The number of nitrogens with zero attached hydrogens (tertiary/aromatic N) is 1. The van der Waals surface area contributed by atoms with Crippen molar-refractivity contribution in [2.24, 2.45) is 5.10 Å². The molecule has 0 aliphatic carbocycles. The highest BCUT2D eigenvalue weighted by Crippen LogP contribution is 2.24. The zero-order valence-electron chi connectivity index (χ0n) is 14.1. The lowest BCUT2D eigenvalue weighted by atomic mass is 10.1. The summed E-state index contributed by atoms with van der Waals surface area (Å²) in [5.74, 6) is 0.408. The topological polar surface area (TPSA) is 50.7 Å². The molecule has 3 rings (SSSR count). The number of carbonyl (C=O) groups excluding carboxylic acids is 1. The van der Waals surface area contributed by atoms with Gasteiger partial charge in [0.1, 0.15) is 5.75 Å². The zero-order valence-corrected chi connectivity index (χ0v) is 14.1. The quantitative estimate of drug-likeness (QED) is 0.544. The average Bonchev–Trinajstić information content (AvgIpc) is 2.67. The number of amides is 1. The van der Waals surface area contributed by atoms with Crippen molar-refractivity contribution in [3.63, 3.8) is 0 Å². The molecule has 0 radical (unpaired) electrons. The fourth-order valence-corrected chi connectivity index (χ4v) is 2.61. The van der Waals surface area contributed by atoms with E-state index in [1.807, 2.05) is 79.7 Å². The Hall–Kier alpha value is -3.14. The molecule has 126 valence electrons. The molecular formula is C21H20N2O2. The highest BCUT2D eigenvalue weighted by atomic mass is 16.5. The number of benzene rings is 3. The molecule has 4 heteroatoms. The van der Waals surface area contributed by atoms with Gasteiger partial charge in [-0.2, -0.15) is 5.10 Å². The molecule has 3 aromatic rings. The maximum atomic E-state index is 12.1. The van der Waals surface area contributed by atoms with Crippen LogP contribution in [-0.2, 0) is 4.79 Å². The van der Waals surface area contributed by atoms with Gasteiger partial charge in [0.2, 0.25) is 0 Å². The monoisotopic (exact) mass is 332 g/mol. The third kappa shape index (κ3) is 4.23. The second-order valence-electron chi connectivity index (χ2n) is 5.58. The molecule has 0 atom stereocenters. The molecule has 0 fully saturated rings. The third-order valence-corrected chi connectivity index (χ3v) is 3.87. The summed E-state index contributed by atoms with van der Waals surface area (Å²) in [6.45, 7) is 1.92. The minimum Gasteiger partial charge on any atom is -0.483 e. The Labute approximate surface area is 147 Å². The van der Waals surface area contributed by atoms with E-state index in [9.17, 15) is 4.79 Å². The van der Waals surface area contributed by atoms with E-state index in [0.29, 0.717) is 5.75 Å². The molecule has 0 saturated carbocycles. The molecule has 1 amide bonds. The standard InChI is InChI=1S/C21H20N2O2/c1-2-19(17-10-4-3-5-11-17)22-23-21(24)15-25-20-14-8-12-16-9-6-7-13-18(16)20/h3-14H,2,15H2,1H3,(H,23,24)/b22-19-. The van der Waals surface area contributed by atoms with E-state index in [1.54, 1.807) is 0 Å². The molecule has 25 heavy (non-hydrogen) atoms. The summed E-state index contributed by atoms with van der Waals surface area (Å²) < 4.78 is 5.67. The largest absolute Gasteiger partial charge is 0.483 e. The second kappa shape index (κ2) is 8.11. The average molecular weight is 332 g/mol. The summed E-state index contributed by atoms with van der Waals surface area (Å²) >= 11 is 0.